The highest BCUT2D eigenvalue weighted by molar-refractivity contribution is 5.81. The Labute approximate surface area is 147 Å². The molecule has 0 atom stereocenters. The number of amides is 2. The second kappa shape index (κ2) is 9.05. The molecule has 1 fully saturated rings. The summed E-state index contributed by atoms with van der Waals surface area (Å²) in [5, 5.41) is 3.12. The second-order valence-corrected chi connectivity index (χ2v) is 6.01. The van der Waals surface area contributed by atoms with Gasteiger partial charge in [-0.1, -0.05) is 12.1 Å². The van der Waals surface area contributed by atoms with E-state index in [2.05, 4.69) is 10.1 Å². The van der Waals surface area contributed by atoms with Crippen molar-refractivity contribution < 1.29 is 19.1 Å². The van der Waals surface area contributed by atoms with Crippen molar-refractivity contribution in [3.05, 3.63) is 29.8 Å². The van der Waals surface area contributed by atoms with Gasteiger partial charge in [0, 0.05) is 45.2 Å². The van der Waals surface area contributed by atoms with Crippen LogP contribution in [-0.4, -0.2) is 67.4 Å². The summed E-state index contributed by atoms with van der Waals surface area (Å²) in [6, 6.07) is 7.66. The molecule has 0 aromatic heterocycles. The molecule has 0 aliphatic carbocycles. The zero-order chi connectivity index (χ0) is 18.2. The Kier molecular flexibility index (Phi) is 6.80. The van der Waals surface area contributed by atoms with E-state index < -0.39 is 0 Å². The van der Waals surface area contributed by atoms with Crippen molar-refractivity contribution in [3.8, 4) is 0 Å². The maximum Gasteiger partial charge on any atom is 0.305 e. The topological polar surface area (TPSA) is 79.0 Å². The Morgan fingerprint density at radius 3 is 2.20 bits per heavy atom. The maximum atomic E-state index is 12.2. The minimum atomic E-state index is -0.224. The molecule has 0 spiro atoms. The third-order valence-corrected chi connectivity index (χ3v) is 4.32. The Bertz CT molecular complexity index is 607. The predicted octanol–water partition coefficient (Wildman–Crippen LogP) is 0.895. The molecule has 25 heavy (non-hydrogen) atoms. The molecular formula is C18H25N3O4. The van der Waals surface area contributed by atoms with Crippen molar-refractivity contribution in [1.82, 2.24) is 9.80 Å². The van der Waals surface area contributed by atoms with Gasteiger partial charge in [0.15, 0.2) is 0 Å². The summed E-state index contributed by atoms with van der Waals surface area (Å²) in [5.74, 6) is -0.145. The van der Waals surface area contributed by atoms with Gasteiger partial charge >= 0.3 is 5.97 Å². The molecule has 1 aliphatic rings. The molecular weight excluding hydrogens is 322 g/mol. The van der Waals surface area contributed by atoms with E-state index in [0.29, 0.717) is 39.0 Å². The Balaban J connectivity index is 1.74. The lowest BCUT2D eigenvalue weighted by atomic mass is 10.1. The number of hydrogen-bond donors (Lipinski definition) is 1. The molecule has 1 aliphatic heterocycles. The van der Waals surface area contributed by atoms with E-state index >= 15 is 0 Å². The second-order valence-electron chi connectivity index (χ2n) is 6.01. The van der Waals surface area contributed by atoms with E-state index in [9.17, 15) is 14.4 Å². The number of piperazine rings is 1. The van der Waals surface area contributed by atoms with Crippen molar-refractivity contribution in [2.45, 2.75) is 19.8 Å². The van der Waals surface area contributed by atoms with Gasteiger partial charge in [-0.3, -0.25) is 14.4 Å². The van der Waals surface area contributed by atoms with Crippen molar-refractivity contribution >= 4 is 23.5 Å². The van der Waals surface area contributed by atoms with Crippen molar-refractivity contribution in [2.24, 2.45) is 0 Å². The average molecular weight is 347 g/mol. The number of hydrogen-bond acceptors (Lipinski definition) is 5. The minimum absolute atomic E-state index is 0.0259. The highest BCUT2D eigenvalue weighted by Crippen LogP contribution is 2.11. The largest absolute Gasteiger partial charge is 0.469 e. The normalized spacial score (nSPS) is 14.2. The van der Waals surface area contributed by atoms with Gasteiger partial charge in [0.1, 0.15) is 0 Å². The predicted molar refractivity (Wildman–Crippen MR) is 94.1 cm³/mol. The number of aryl methyl sites for hydroxylation is 1. The molecule has 0 radical (unpaired) electrons. The lowest BCUT2D eigenvalue weighted by molar-refractivity contribution is -0.140. The van der Waals surface area contributed by atoms with Crippen LogP contribution in [0.5, 0.6) is 0 Å². The van der Waals surface area contributed by atoms with E-state index in [0.717, 1.165) is 11.3 Å². The number of methoxy groups -OCH3 is 1. The number of benzene rings is 1. The molecule has 1 aromatic carbocycles. The summed E-state index contributed by atoms with van der Waals surface area (Å²) in [6.07, 6.45) is 0.986. The number of esters is 1. The van der Waals surface area contributed by atoms with Crippen LogP contribution in [0.1, 0.15) is 18.9 Å². The van der Waals surface area contributed by atoms with Crippen molar-refractivity contribution in [3.63, 3.8) is 0 Å². The zero-order valence-electron chi connectivity index (χ0n) is 14.8. The molecule has 1 heterocycles. The first-order valence-electron chi connectivity index (χ1n) is 8.42. The van der Waals surface area contributed by atoms with Crippen LogP contribution in [0.3, 0.4) is 0 Å². The monoisotopic (exact) mass is 347 g/mol. The first-order valence-corrected chi connectivity index (χ1v) is 8.42. The number of carbonyl (C=O) groups is 3. The fourth-order valence-electron chi connectivity index (χ4n) is 2.70. The molecule has 0 bridgehead atoms. The number of anilines is 1. The summed E-state index contributed by atoms with van der Waals surface area (Å²) in [5.41, 5.74) is 1.90. The number of ether oxygens (including phenoxy) is 1. The minimum Gasteiger partial charge on any atom is -0.469 e. The number of nitrogens with one attached hydrogen (secondary N) is 1. The van der Waals surface area contributed by atoms with Crippen LogP contribution in [0.4, 0.5) is 5.69 Å². The van der Waals surface area contributed by atoms with Gasteiger partial charge in [0.25, 0.3) is 0 Å². The van der Waals surface area contributed by atoms with Crippen LogP contribution in [0.2, 0.25) is 0 Å². The SMILES string of the molecule is COC(=O)CCc1ccc(NCC(=O)N2CCN(C(C)=O)CC2)cc1. The van der Waals surface area contributed by atoms with Crippen LogP contribution in [-0.2, 0) is 25.5 Å². The molecule has 0 unspecified atom stereocenters. The number of carbonyl (C=O) groups excluding carboxylic acids is 3. The fourth-order valence-corrected chi connectivity index (χ4v) is 2.70. The van der Waals surface area contributed by atoms with Gasteiger partial charge in [-0.15, -0.1) is 0 Å². The fraction of sp³-hybridized carbons (Fsp3) is 0.500. The smallest absolute Gasteiger partial charge is 0.305 e. The summed E-state index contributed by atoms with van der Waals surface area (Å²) < 4.78 is 4.62. The molecule has 7 heteroatoms. The molecule has 7 nitrogen and oxygen atoms in total. The third-order valence-electron chi connectivity index (χ3n) is 4.32. The van der Waals surface area contributed by atoms with Gasteiger partial charge < -0.3 is 19.9 Å². The van der Waals surface area contributed by atoms with E-state index in [4.69, 9.17) is 0 Å². The standard InChI is InChI=1S/C18H25N3O4/c1-14(22)20-9-11-21(12-10-20)17(23)13-19-16-6-3-15(4-7-16)5-8-18(24)25-2/h3-4,6-7,19H,5,8-13H2,1-2H3. The Morgan fingerprint density at radius 1 is 1.04 bits per heavy atom. The lowest BCUT2D eigenvalue weighted by Gasteiger charge is -2.34. The molecule has 0 saturated carbocycles. The van der Waals surface area contributed by atoms with Crippen molar-refractivity contribution in [1.29, 1.82) is 0 Å². The first-order chi connectivity index (χ1) is 12.0. The zero-order valence-corrected chi connectivity index (χ0v) is 14.8. The van der Waals surface area contributed by atoms with Crippen LogP contribution in [0, 0.1) is 0 Å². The Morgan fingerprint density at radius 2 is 1.64 bits per heavy atom. The average Bonchev–Trinajstić information content (AvgIpc) is 2.65. The quantitative estimate of drug-likeness (QED) is 0.774. The maximum absolute atomic E-state index is 12.2. The molecule has 2 rings (SSSR count). The van der Waals surface area contributed by atoms with E-state index in [1.807, 2.05) is 24.3 Å². The summed E-state index contributed by atoms with van der Waals surface area (Å²) in [4.78, 5) is 38.2. The number of rotatable bonds is 6. The third kappa shape index (κ3) is 5.77. The number of nitrogens with zero attached hydrogens (tertiary/aromatic N) is 2. The van der Waals surface area contributed by atoms with Gasteiger partial charge in [-0.2, -0.15) is 0 Å². The molecule has 2 amide bonds. The van der Waals surface area contributed by atoms with Crippen LogP contribution in [0.15, 0.2) is 24.3 Å². The molecule has 1 N–H and O–H groups in total. The van der Waals surface area contributed by atoms with E-state index in [-0.39, 0.29) is 24.3 Å². The summed E-state index contributed by atoms with van der Waals surface area (Å²) in [6.45, 7) is 4.11. The lowest BCUT2D eigenvalue weighted by Crippen LogP contribution is -2.51. The van der Waals surface area contributed by atoms with Crippen LogP contribution >= 0.6 is 0 Å². The highest BCUT2D eigenvalue weighted by Gasteiger charge is 2.21. The Hall–Kier alpha value is -2.57. The van der Waals surface area contributed by atoms with Crippen LogP contribution in [0.25, 0.3) is 0 Å². The molecule has 136 valence electrons. The highest BCUT2D eigenvalue weighted by atomic mass is 16.5. The van der Waals surface area contributed by atoms with Gasteiger partial charge in [0.2, 0.25) is 11.8 Å². The molecule has 1 saturated heterocycles. The van der Waals surface area contributed by atoms with Gasteiger partial charge in [0.05, 0.1) is 13.7 Å². The van der Waals surface area contributed by atoms with E-state index in [1.165, 1.54) is 7.11 Å². The summed E-state index contributed by atoms with van der Waals surface area (Å²) >= 11 is 0. The van der Waals surface area contributed by atoms with Gasteiger partial charge in [-0.05, 0) is 24.1 Å². The molecule has 1 aromatic rings. The van der Waals surface area contributed by atoms with Crippen LogP contribution < -0.4 is 5.32 Å². The van der Waals surface area contributed by atoms with Gasteiger partial charge in [-0.25, -0.2) is 0 Å². The van der Waals surface area contributed by atoms with Crippen molar-refractivity contribution in [2.75, 3.05) is 45.2 Å². The summed E-state index contributed by atoms with van der Waals surface area (Å²) in [7, 11) is 1.38. The first kappa shape index (κ1) is 18.8. The van der Waals surface area contributed by atoms with E-state index in [1.54, 1.807) is 16.7 Å².